The summed E-state index contributed by atoms with van der Waals surface area (Å²) in [5, 5.41) is 18.1. The number of rotatable bonds is 18. The van der Waals surface area contributed by atoms with Crippen molar-refractivity contribution < 1.29 is 47.4 Å². The molecule has 0 radical (unpaired) electrons. The van der Waals surface area contributed by atoms with E-state index < -0.39 is 73.4 Å². The van der Waals surface area contributed by atoms with Crippen molar-refractivity contribution in [2.24, 2.45) is 0 Å². The molecule has 280 valence electrons. The number of anilines is 1. The summed E-state index contributed by atoms with van der Waals surface area (Å²) in [4.78, 5) is 85.3. The highest BCUT2D eigenvalue weighted by Gasteiger charge is 2.26. The van der Waals surface area contributed by atoms with Crippen LogP contribution in [0, 0.1) is 12.7 Å². The number of halogens is 1. The molecule has 1 aromatic heterocycles. The second-order valence-electron chi connectivity index (χ2n) is 12.1. The number of carbonyl (C=O) groups is 7. The van der Waals surface area contributed by atoms with Gasteiger partial charge in [0.2, 0.25) is 23.6 Å². The normalized spacial score (nSPS) is 11.4. The number of amides is 6. The third kappa shape index (κ3) is 15.0. The summed E-state index contributed by atoms with van der Waals surface area (Å²) in [6.07, 6.45) is -0.0447. The van der Waals surface area contributed by atoms with Crippen LogP contribution in [0.1, 0.15) is 71.2 Å². The van der Waals surface area contributed by atoms with Crippen LogP contribution in [0.5, 0.6) is 0 Å². The monoisotopic (exact) mass is 735 g/mol. The SMILES string of the molecule is CCC(CNc1sc(C(=O)NCCNC(=O)CNC(=O)CNC(=O)CNC(=O)CNC(=O)OC(C)(C)C)c(C)c1C(=O)OC)c1ccc(F)cc1. The van der Waals surface area contributed by atoms with E-state index in [1.165, 1.54) is 19.2 Å². The minimum atomic E-state index is -0.791. The first-order valence-corrected chi connectivity index (χ1v) is 16.9. The van der Waals surface area contributed by atoms with Crippen LogP contribution in [0.4, 0.5) is 14.2 Å². The Morgan fingerprint density at radius 3 is 1.80 bits per heavy atom. The van der Waals surface area contributed by atoms with Crippen LogP contribution >= 0.6 is 11.3 Å². The van der Waals surface area contributed by atoms with E-state index in [1.54, 1.807) is 39.8 Å². The van der Waals surface area contributed by atoms with E-state index in [4.69, 9.17) is 9.47 Å². The van der Waals surface area contributed by atoms with E-state index in [9.17, 15) is 38.0 Å². The molecular weight excluding hydrogens is 689 g/mol. The van der Waals surface area contributed by atoms with E-state index in [-0.39, 0.29) is 35.3 Å². The van der Waals surface area contributed by atoms with Crippen molar-refractivity contribution in [1.29, 1.82) is 0 Å². The molecule has 0 spiro atoms. The van der Waals surface area contributed by atoms with E-state index in [0.717, 1.165) is 23.3 Å². The van der Waals surface area contributed by atoms with Crippen LogP contribution in [-0.4, -0.2) is 100 Å². The fraction of sp³-hybridized carbons (Fsp3) is 0.485. The van der Waals surface area contributed by atoms with Gasteiger partial charge < -0.3 is 46.7 Å². The van der Waals surface area contributed by atoms with E-state index in [1.807, 2.05) is 6.92 Å². The van der Waals surface area contributed by atoms with Gasteiger partial charge in [-0.3, -0.25) is 24.0 Å². The lowest BCUT2D eigenvalue weighted by Crippen LogP contribution is -2.46. The molecule has 0 fully saturated rings. The summed E-state index contributed by atoms with van der Waals surface area (Å²) in [5.74, 6) is -3.91. The van der Waals surface area contributed by atoms with Crippen LogP contribution in [0.3, 0.4) is 0 Å². The van der Waals surface area contributed by atoms with Gasteiger partial charge >= 0.3 is 12.1 Å². The van der Waals surface area contributed by atoms with Crippen molar-refractivity contribution in [2.75, 3.05) is 58.2 Å². The number of thiophene rings is 1. The first-order chi connectivity index (χ1) is 24.0. The summed E-state index contributed by atoms with van der Waals surface area (Å²) < 4.78 is 23.3. The second kappa shape index (κ2) is 20.4. The number of benzene rings is 1. The second-order valence-corrected chi connectivity index (χ2v) is 13.1. The van der Waals surface area contributed by atoms with Crippen LogP contribution in [0.15, 0.2) is 24.3 Å². The van der Waals surface area contributed by atoms with Crippen LogP contribution in [0.25, 0.3) is 0 Å². The molecule has 0 aliphatic heterocycles. The zero-order valence-electron chi connectivity index (χ0n) is 29.5. The lowest BCUT2D eigenvalue weighted by molar-refractivity contribution is -0.128. The van der Waals surface area contributed by atoms with Gasteiger partial charge in [-0.25, -0.2) is 14.0 Å². The molecule has 0 bridgehead atoms. The molecule has 1 unspecified atom stereocenters. The minimum absolute atomic E-state index is 0.0183. The highest BCUT2D eigenvalue weighted by molar-refractivity contribution is 7.18. The molecule has 1 atom stereocenters. The highest BCUT2D eigenvalue weighted by atomic mass is 32.1. The molecule has 7 N–H and O–H groups in total. The minimum Gasteiger partial charge on any atom is -0.465 e. The zero-order valence-corrected chi connectivity index (χ0v) is 30.3. The summed E-state index contributed by atoms with van der Waals surface area (Å²) >= 11 is 1.09. The zero-order chi connectivity index (χ0) is 38.1. The number of ether oxygens (including phenoxy) is 2. The highest BCUT2D eigenvalue weighted by Crippen LogP contribution is 2.34. The van der Waals surface area contributed by atoms with Gasteiger partial charge in [-0.2, -0.15) is 0 Å². The number of hydrogen-bond donors (Lipinski definition) is 7. The maximum Gasteiger partial charge on any atom is 0.408 e. The third-order valence-electron chi connectivity index (χ3n) is 6.95. The van der Waals surface area contributed by atoms with Gasteiger partial charge in [0.05, 0.1) is 37.2 Å². The van der Waals surface area contributed by atoms with E-state index in [0.29, 0.717) is 17.1 Å². The van der Waals surface area contributed by atoms with E-state index >= 15 is 0 Å². The smallest absolute Gasteiger partial charge is 0.408 e. The Kier molecular flexibility index (Phi) is 16.8. The van der Waals surface area contributed by atoms with Crippen molar-refractivity contribution in [3.05, 3.63) is 51.7 Å². The summed E-state index contributed by atoms with van der Waals surface area (Å²) in [6, 6.07) is 6.20. The molecule has 1 aromatic carbocycles. The van der Waals surface area contributed by atoms with Crippen molar-refractivity contribution in [1.82, 2.24) is 31.9 Å². The molecular formula is C33H46FN7O9S. The molecule has 16 nitrogen and oxygen atoms in total. The molecule has 51 heavy (non-hydrogen) atoms. The first-order valence-electron chi connectivity index (χ1n) is 16.1. The Bertz CT molecular complexity index is 1560. The van der Waals surface area contributed by atoms with E-state index in [2.05, 4.69) is 37.2 Å². The molecule has 0 saturated carbocycles. The Labute approximate surface area is 299 Å². The predicted octanol–water partition coefficient (Wildman–Crippen LogP) is 1.31. The summed E-state index contributed by atoms with van der Waals surface area (Å²) in [5.41, 5.74) is 0.857. The topological polar surface area (TPSA) is 222 Å². The number of carbonyl (C=O) groups excluding carboxylic acids is 7. The van der Waals surface area contributed by atoms with Crippen LogP contribution in [0.2, 0.25) is 0 Å². The summed E-state index contributed by atoms with van der Waals surface area (Å²) in [7, 11) is 1.25. The van der Waals surface area contributed by atoms with Gasteiger partial charge in [0, 0.05) is 25.6 Å². The molecule has 1 heterocycles. The Balaban J connectivity index is 1.73. The standard InChI is InChI=1S/C33H46FN7O9S/c1-7-20(21-8-10-22(34)11-9-21)14-40-30-27(31(47)49-6)19(2)28(51-30)29(46)36-13-12-35-23(42)15-37-24(43)16-38-25(44)17-39-26(45)18-41-32(48)50-33(3,4)5/h8-11,20,40H,7,12-18H2,1-6H3,(H,35,42)(H,36,46)(H,37,43)(H,38,44)(H,39,45)(H,41,48). The maximum atomic E-state index is 13.4. The van der Waals surface area contributed by atoms with Crippen molar-refractivity contribution in [3.8, 4) is 0 Å². The molecule has 2 rings (SSSR count). The fourth-order valence-electron chi connectivity index (χ4n) is 4.36. The van der Waals surface area contributed by atoms with Gasteiger partial charge in [-0.05, 0) is 57.4 Å². The lowest BCUT2D eigenvalue weighted by atomic mass is 9.96. The molecule has 0 aliphatic carbocycles. The Morgan fingerprint density at radius 1 is 0.784 bits per heavy atom. The number of methoxy groups -OCH3 is 1. The third-order valence-corrected chi connectivity index (χ3v) is 8.20. The lowest BCUT2D eigenvalue weighted by Gasteiger charge is -2.19. The van der Waals surface area contributed by atoms with Gasteiger partial charge in [0.25, 0.3) is 5.91 Å². The number of esters is 1. The van der Waals surface area contributed by atoms with Gasteiger partial charge in [-0.15, -0.1) is 11.3 Å². The molecule has 0 saturated heterocycles. The quantitative estimate of drug-likeness (QED) is 0.0859. The van der Waals surface area contributed by atoms with Crippen molar-refractivity contribution >= 4 is 57.9 Å². The number of hydrogen-bond acceptors (Lipinski definition) is 11. The number of alkyl carbamates (subject to hydrolysis) is 1. The average molecular weight is 736 g/mol. The van der Waals surface area contributed by atoms with Crippen molar-refractivity contribution in [2.45, 2.75) is 52.6 Å². The molecule has 0 aliphatic rings. The molecule has 2 aromatic rings. The maximum absolute atomic E-state index is 13.4. The van der Waals surface area contributed by atoms with Crippen LogP contribution in [-0.2, 0) is 28.7 Å². The Morgan fingerprint density at radius 2 is 1.29 bits per heavy atom. The Hall–Kier alpha value is -5.26. The first kappa shape index (κ1) is 41.9. The average Bonchev–Trinajstić information content (AvgIpc) is 3.41. The molecule has 6 amide bonds. The van der Waals surface area contributed by atoms with Crippen molar-refractivity contribution in [3.63, 3.8) is 0 Å². The van der Waals surface area contributed by atoms with Gasteiger partial charge in [0.1, 0.15) is 23.0 Å². The predicted molar refractivity (Wildman–Crippen MR) is 187 cm³/mol. The van der Waals surface area contributed by atoms with Gasteiger partial charge in [0.15, 0.2) is 0 Å². The van der Waals surface area contributed by atoms with Crippen LogP contribution < -0.4 is 37.2 Å². The largest absolute Gasteiger partial charge is 0.465 e. The van der Waals surface area contributed by atoms with Gasteiger partial charge in [-0.1, -0.05) is 19.1 Å². The number of nitrogens with one attached hydrogen (secondary N) is 7. The summed E-state index contributed by atoms with van der Waals surface area (Å²) in [6.45, 7) is 7.42. The molecule has 18 heteroatoms. The fourth-order valence-corrected chi connectivity index (χ4v) is 5.48.